The quantitative estimate of drug-likeness (QED) is 0.175. The van der Waals surface area contributed by atoms with Crippen molar-refractivity contribution >= 4 is 17.1 Å². The minimum Gasteiger partial charge on any atom is -0.310 e. The Kier molecular flexibility index (Phi) is 7.21. The van der Waals surface area contributed by atoms with Crippen LogP contribution in [0.2, 0.25) is 0 Å². The average molecular weight is 684 g/mol. The third-order valence-corrected chi connectivity index (χ3v) is 12.6. The average Bonchev–Trinajstić information content (AvgIpc) is 3.57. The fourth-order valence-electron chi connectivity index (χ4n) is 9.84. The van der Waals surface area contributed by atoms with E-state index in [0.717, 1.165) is 18.5 Å². The minimum absolute atomic E-state index is 0.104. The second kappa shape index (κ2) is 11.9. The molecule has 7 aromatic carbocycles. The molecule has 0 saturated heterocycles. The summed E-state index contributed by atoms with van der Waals surface area (Å²) in [6.07, 6.45) is 4.80. The molecule has 0 N–H and O–H groups in total. The molecule has 0 atom stereocenters. The first kappa shape index (κ1) is 32.0. The molecule has 7 aromatic rings. The summed E-state index contributed by atoms with van der Waals surface area (Å²) in [5, 5.41) is 0. The summed E-state index contributed by atoms with van der Waals surface area (Å²) >= 11 is 0. The van der Waals surface area contributed by atoms with E-state index >= 15 is 0 Å². The van der Waals surface area contributed by atoms with Crippen molar-refractivity contribution in [2.24, 2.45) is 0 Å². The van der Waals surface area contributed by atoms with Crippen LogP contribution in [-0.4, -0.2) is 0 Å². The number of anilines is 3. The maximum Gasteiger partial charge on any atom is 0.0543 e. The third kappa shape index (κ3) is 4.90. The maximum atomic E-state index is 2.56. The number of para-hydroxylation sites is 1. The Balaban J connectivity index is 1.29. The monoisotopic (exact) mass is 683 g/mol. The lowest BCUT2D eigenvalue weighted by Crippen LogP contribution is -2.18. The van der Waals surface area contributed by atoms with Crippen LogP contribution in [0.15, 0.2) is 152 Å². The summed E-state index contributed by atoms with van der Waals surface area (Å²) in [6.45, 7) is 9.57. The van der Waals surface area contributed by atoms with Gasteiger partial charge in [-0.05, 0) is 134 Å². The van der Waals surface area contributed by atoms with Crippen molar-refractivity contribution in [1.82, 2.24) is 0 Å². The smallest absolute Gasteiger partial charge is 0.0543 e. The largest absolute Gasteiger partial charge is 0.310 e. The summed E-state index contributed by atoms with van der Waals surface area (Å²) in [5.74, 6) is 0. The molecular formula is C52H45N. The highest BCUT2D eigenvalue weighted by Gasteiger charge is 2.39. The Hall–Kier alpha value is -5.66. The van der Waals surface area contributed by atoms with Crippen LogP contribution >= 0.6 is 0 Å². The van der Waals surface area contributed by atoms with Crippen LogP contribution in [-0.2, 0) is 23.7 Å². The van der Waals surface area contributed by atoms with Gasteiger partial charge >= 0.3 is 0 Å². The zero-order chi connectivity index (χ0) is 35.9. The first-order chi connectivity index (χ1) is 25.8. The number of benzene rings is 7. The van der Waals surface area contributed by atoms with Gasteiger partial charge in [-0.15, -0.1) is 0 Å². The molecule has 1 nitrogen and oxygen atoms in total. The summed E-state index contributed by atoms with van der Waals surface area (Å²) in [7, 11) is 0. The van der Waals surface area contributed by atoms with Crippen molar-refractivity contribution in [3.63, 3.8) is 0 Å². The molecule has 0 radical (unpaired) electrons. The molecule has 3 aliphatic carbocycles. The molecule has 1 heteroatoms. The lowest BCUT2D eigenvalue weighted by atomic mass is 9.80. The predicted molar refractivity (Wildman–Crippen MR) is 224 cm³/mol. The fraction of sp³-hybridized carbons (Fsp3) is 0.192. The van der Waals surface area contributed by atoms with E-state index in [1.54, 1.807) is 0 Å². The third-order valence-electron chi connectivity index (χ3n) is 12.6. The van der Waals surface area contributed by atoms with Crippen molar-refractivity contribution in [3.05, 3.63) is 185 Å². The van der Waals surface area contributed by atoms with E-state index in [1.165, 1.54) is 102 Å². The molecular weight excluding hydrogens is 639 g/mol. The summed E-state index contributed by atoms with van der Waals surface area (Å²) in [4.78, 5) is 2.54. The van der Waals surface area contributed by atoms with E-state index in [1.807, 2.05) is 0 Å². The lowest BCUT2D eigenvalue weighted by Gasteiger charge is -2.32. The Morgan fingerprint density at radius 1 is 0.377 bits per heavy atom. The van der Waals surface area contributed by atoms with E-state index in [2.05, 4.69) is 184 Å². The number of fused-ring (bicyclic) bond motifs is 7. The van der Waals surface area contributed by atoms with E-state index in [4.69, 9.17) is 0 Å². The van der Waals surface area contributed by atoms with Crippen LogP contribution in [0.1, 0.15) is 73.9 Å². The van der Waals surface area contributed by atoms with Crippen LogP contribution in [0, 0.1) is 0 Å². The van der Waals surface area contributed by atoms with Crippen molar-refractivity contribution in [2.75, 3.05) is 4.90 Å². The zero-order valence-corrected chi connectivity index (χ0v) is 31.2. The van der Waals surface area contributed by atoms with E-state index < -0.39 is 0 Å². The normalized spacial score (nSPS) is 15.5. The summed E-state index contributed by atoms with van der Waals surface area (Å²) in [6, 6.07) is 57.5. The molecule has 53 heavy (non-hydrogen) atoms. The minimum atomic E-state index is -0.138. The maximum absolute atomic E-state index is 2.56. The van der Waals surface area contributed by atoms with Crippen LogP contribution in [0.25, 0.3) is 44.5 Å². The molecule has 258 valence electrons. The summed E-state index contributed by atoms with van der Waals surface area (Å²) in [5.41, 5.74) is 22.5. The fourth-order valence-corrected chi connectivity index (χ4v) is 9.84. The SMILES string of the molecule is CC1(C)c2ccccc2-c2ccc(N(c3ccccc3)c3cc4c(cc3-c3cc5c(cc3-c3ccccc3)CCCC5)-c3ccccc3C4(C)C)cc21. The van der Waals surface area contributed by atoms with Gasteiger partial charge in [0.1, 0.15) is 0 Å². The van der Waals surface area contributed by atoms with Crippen LogP contribution < -0.4 is 4.90 Å². The molecule has 0 saturated carbocycles. The van der Waals surface area contributed by atoms with E-state index in [9.17, 15) is 0 Å². The number of hydrogen-bond acceptors (Lipinski definition) is 1. The Morgan fingerprint density at radius 3 is 1.57 bits per heavy atom. The Labute approximate surface area is 314 Å². The molecule has 0 aromatic heterocycles. The molecule has 0 heterocycles. The second-order valence-electron chi connectivity index (χ2n) is 16.4. The van der Waals surface area contributed by atoms with E-state index in [0.29, 0.717) is 0 Å². The summed E-state index contributed by atoms with van der Waals surface area (Å²) < 4.78 is 0. The topological polar surface area (TPSA) is 3.24 Å². The van der Waals surface area contributed by atoms with Gasteiger partial charge in [0.25, 0.3) is 0 Å². The van der Waals surface area contributed by atoms with Gasteiger partial charge in [-0.3, -0.25) is 0 Å². The molecule has 0 fully saturated rings. The van der Waals surface area contributed by atoms with Gasteiger partial charge < -0.3 is 4.90 Å². The van der Waals surface area contributed by atoms with Gasteiger partial charge in [0.15, 0.2) is 0 Å². The lowest BCUT2D eigenvalue weighted by molar-refractivity contribution is 0.660. The van der Waals surface area contributed by atoms with Crippen LogP contribution in [0.4, 0.5) is 17.1 Å². The van der Waals surface area contributed by atoms with Crippen molar-refractivity contribution < 1.29 is 0 Å². The number of hydrogen-bond donors (Lipinski definition) is 0. The Bertz CT molecular complexity index is 2550. The zero-order valence-electron chi connectivity index (χ0n) is 31.2. The van der Waals surface area contributed by atoms with E-state index in [-0.39, 0.29) is 10.8 Å². The standard InChI is InChI=1S/C52H45N/c1-51(2)46-25-15-13-23-39(46)41-28-27-38(31-48(41)51)53(37-21-9-6-10-22-37)50-33-49-44(40-24-14-16-26-47(40)52(49,3)4)32-45(50)43-30-36-20-12-11-19-35(36)29-42(43)34-17-7-5-8-18-34/h5-10,13-18,21-33H,11-12,19-20H2,1-4H3. The highest BCUT2D eigenvalue weighted by molar-refractivity contribution is 5.99. The first-order valence-electron chi connectivity index (χ1n) is 19.4. The van der Waals surface area contributed by atoms with Crippen LogP contribution in [0.3, 0.4) is 0 Å². The van der Waals surface area contributed by atoms with Gasteiger partial charge in [0, 0.05) is 27.8 Å². The van der Waals surface area contributed by atoms with Crippen molar-refractivity contribution in [1.29, 1.82) is 0 Å². The van der Waals surface area contributed by atoms with Crippen molar-refractivity contribution in [2.45, 2.75) is 64.2 Å². The molecule has 0 amide bonds. The molecule has 0 unspecified atom stereocenters. The van der Waals surface area contributed by atoms with Crippen LogP contribution in [0.5, 0.6) is 0 Å². The first-order valence-corrected chi connectivity index (χ1v) is 19.4. The number of nitrogens with zero attached hydrogens (tertiary/aromatic N) is 1. The molecule has 3 aliphatic rings. The molecule has 0 spiro atoms. The van der Waals surface area contributed by atoms with Crippen molar-refractivity contribution in [3.8, 4) is 44.5 Å². The highest BCUT2D eigenvalue weighted by atomic mass is 15.1. The molecule has 10 rings (SSSR count). The Morgan fingerprint density at radius 2 is 0.906 bits per heavy atom. The highest BCUT2D eigenvalue weighted by Crippen LogP contribution is 2.56. The van der Waals surface area contributed by atoms with Gasteiger partial charge in [0.2, 0.25) is 0 Å². The van der Waals surface area contributed by atoms with Gasteiger partial charge in [0.05, 0.1) is 5.69 Å². The molecule has 0 aliphatic heterocycles. The molecule has 0 bridgehead atoms. The van der Waals surface area contributed by atoms with Gasteiger partial charge in [-0.1, -0.05) is 143 Å². The predicted octanol–water partition coefficient (Wildman–Crippen LogP) is 14.0. The number of aryl methyl sites for hydroxylation is 2. The van der Waals surface area contributed by atoms with Gasteiger partial charge in [-0.25, -0.2) is 0 Å². The second-order valence-corrected chi connectivity index (χ2v) is 16.4. The number of rotatable bonds is 5. The van der Waals surface area contributed by atoms with Gasteiger partial charge in [-0.2, -0.15) is 0 Å².